The summed E-state index contributed by atoms with van der Waals surface area (Å²) in [5, 5.41) is 26.0. The van der Waals surface area contributed by atoms with E-state index in [0.29, 0.717) is 0 Å². The third-order valence-electron chi connectivity index (χ3n) is 7.98. The number of amides is 4. The number of alkyl halides is 1. The molecule has 3 rings (SSSR count). The average Bonchev–Trinajstić information content (AvgIpc) is 3.25. The number of aliphatic carboxylic acids is 1. The van der Waals surface area contributed by atoms with Crippen molar-refractivity contribution in [2.45, 2.75) is 126 Å². The fourth-order valence-electron chi connectivity index (χ4n) is 4.37. The molecule has 4 amide bonds. The number of carboxylic acids is 1. The van der Waals surface area contributed by atoms with Crippen molar-refractivity contribution in [3.63, 3.8) is 0 Å². The fraction of sp³-hybridized carbons (Fsp3) is 0.733. The van der Waals surface area contributed by atoms with Crippen LogP contribution < -0.4 is 21.3 Å². The third-order valence-corrected chi connectivity index (χ3v) is 8.43. The van der Waals surface area contributed by atoms with Crippen LogP contribution in [0.15, 0.2) is 9.98 Å². The van der Waals surface area contributed by atoms with E-state index in [1.165, 1.54) is 13.8 Å². The number of aliphatic hydroxyl groups excluding tert-OH is 1. The van der Waals surface area contributed by atoms with Gasteiger partial charge in [0.1, 0.15) is 84.9 Å². The highest BCUT2D eigenvalue weighted by Gasteiger charge is 2.43. The first-order chi connectivity index (χ1) is 35.0. The number of esters is 1. The van der Waals surface area contributed by atoms with Crippen LogP contribution in [0.2, 0.25) is 0 Å². The van der Waals surface area contributed by atoms with Gasteiger partial charge in [0.15, 0.2) is 0 Å². The van der Waals surface area contributed by atoms with Crippen LogP contribution in [0.1, 0.15) is 105 Å². The summed E-state index contributed by atoms with van der Waals surface area (Å²) >= 11 is 5.24. The number of aliphatic imine (C=N–C) groups is 2. The van der Waals surface area contributed by atoms with Crippen molar-refractivity contribution in [1.29, 1.82) is 0 Å². The quantitative estimate of drug-likeness (QED) is 0.0451. The predicted octanol–water partition coefficient (Wildman–Crippen LogP) is 5.25. The topological polar surface area (TPSA) is 386 Å². The summed E-state index contributed by atoms with van der Waals surface area (Å²) in [6.45, 7) is 23.8. The van der Waals surface area contributed by atoms with Gasteiger partial charge in [-0.25, -0.2) is 38.6 Å². The molecule has 0 bridgehead atoms. The van der Waals surface area contributed by atoms with Gasteiger partial charge in [-0.2, -0.15) is 0 Å². The van der Waals surface area contributed by atoms with Gasteiger partial charge >= 0.3 is 54.8 Å². The number of ether oxygens (including phenoxy) is 11. The van der Waals surface area contributed by atoms with Gasteiger partial charge in [0.05, 0.1) is 28.2 Å². The first kappa shape index (κ1) is 69.0. The molecular weight excluding hydrogens is 1050 g/mol. The minimum absolute atomic E-state index is 0.00579. The molecule has 3 saturated heterocycles. The lowest BCUT2D eigenvalue weighted by atomic mass is 9.93. The predicted molar refractivity (Wildman–Crippen MR) is 262 cm³/mol. The molecule has 3 aliphatic rings. The fourth-order valence-corrected chi connectivity index (χ4v) is 4.48. The zero-order valence-electron chi connectivity index (χ0n) is 46.4. The van der Waals surface area contributed by atoms with Crippen LogP contribution in [-0.4, -0.2) is 178 Å². The Morgan fingerprint density at radius 3 is 1.08 bits per heavy atom. The van der Waals surface area contributed by atoms with Gasteiger partial charge in [-0.1, -0.05) is 0 Å². The van der Waals surface area contributed by atoms with Crippen LogP contribution in [0, 0.1) is 16.2 Å². The maximum Gasteiger partial charge on any atom is 0.508 e. The number of carbonyl (C=O) groups is 10. The number of cyclic esters (lactones) is 6. The minimum atomic E-state index is -1.13. The van der Waals surface area contributed by atoms with E-state index in [-0.39, 0.29) is 77.9 Å². The molecule has 0 unspecified atom stereocenters. The Hall–Kier alpha value is -6.98. The average molecular weight is 1120 g/mol. The molecule has 6 N–H and O–H groups in total. The van der Waals surface area contributed by atoms with E-state index in [1.807, 2.05) is 0 Å². The number of carboxylic acid groups (broad SMARTS) is 1. The molecule has 76 heavy (non-hydrogen) atoms. The van der Waals surface area contributed by atoms with E-state index in [9.17, 15) is 52.3 Å². The molecule has 0 aliphatic carbocycles. The Labute approximate surface area is 445 Å². The number of hydrogen-bond donors (Lipinski definition) is 6. The second kappa shape index (κ2) is 31.8. The maximum atomic E-state index is 12.2. The van der Waals surface area contributed by atoms with E-state index >= 15 is 0 Å². The van der Waals surface area contributed by atoms with Crippen LogP contribution in [0.3, 0.4) is 0 Å². The standard InChI is InChI=1S/C19H31N3O9.C13H25N3O5.C6H7ClO4.C6H8O5.CH3F/c1-17(2,3)30-14(24)21-13(22-15(25)31-18(4,5)6)20-8-9-27-12(23)19(7)10-28-16(26)29-11-19;1-12(2,3)20-10(18)15-9(14-7-8-17)16-11(19)21-13(4,5)6;2*1-6(4(7)8)2-10-5(9)11-3-6;1-2/h8-11H2,1-7H3,(H2,20,21,22,24,25);17H,7-8H2,1-6H3,(H2,14,15,16,18,19);2-3H2,1H3;2-3H2,1H3,(H,7,8);1H3/i;;;;1D. The van der Waals surface area contributed by atoms with Crippen molar-refractivity contribution in [3.8, 4) is 0 Å². The number of halogens is 2. The van der Waals surface area contributed by atoms with E-state index in [2.05, 4.69) is 50.2 Å². The smallest absolute Gasteiger partial charge is 0.481 e. The summed E-state index contributed by atoms with van der Waals surface area (Å²) in [6, 6.07) is 0. The molecule has 0 saturated carbocycles. The Balaban J connectivity index is 0. The summed E-state index contributed by atoms with van der Waals surface area (Å²) < 4.78 is 68.2. The number of aliphatic hydroxyl groups is 1. The molecule has 0 aromatic rings. The second-order valence-corrected chi connectivity index (χ2v) is 20.9. The van der Waals surface area contributed by atoms with Gasteiger partial charge in [0, 0.05) is 0 Å². The molecule has 3 heterocycles. The first-order valence-electron chi connectivity index (χ1n) is 23.3. The molecule has 0 radical (unpaired) electrons. The Kier molecular flexibility index (Phi) is 28.9. The summed E-state index contributed by atoms with van der Waals surface area (Å²) in [6.07, 6.45) is -5.61. The molecule has 0 atom stereocenters. The molecular formula is C45H74ClFN6O23. The van der Waals surface area contributed by atoms with Crippen molar-refractivity contribution in [2.24, 2.45) is 26.2 Å². The van der Waals surface area contributed by atoms with Crippen LogP contribution in [-0.2, 0) is 66.5 Å². The molecule has 0 aromatic carbocycles. The van der Waals surface area contributed by atoms with Crippen molar-refractivity contribution in [1.82, 2.24) is 21.3 Å². The largest absolute Gasteiger partial charge is 0.508 e. The summed E-state index contributed by atoms with van der Waals surface area (Å²) in [7, 11) is -1.00. The molecule has 0 aromatic heterocycles. The number of guanidine groups is 2. The van der Waals surface area contributed by atoms with E-state index in [4.69, 9.17) is 56.3 Å². The Morgan fingerprint density at radius 1 is 0.566 bits per heavy atom. The van der Waals surface area contributed by atoms with Gasteiger partial charge in [-0.3, -0.25) is 45.0 Å². The zero-order valence-corrected chi connectivity index (χ0v) is 46.2. The zero-order chi connectivity index (χ0) is 60.2. The third kappa shape index (κ3) is 33.0. The SMILES string of the molecule is CC(C)(C)OC(=O)NC(=NCCO)NC(=O)OC(C)(C)C.CC(C)(C)OC(=O)NC(=NCCOC(=O)C1(C)COC(=O)OC1)NC(=O)OC(C)(C)C.CC1(C(=O)Cl)COC(=O)OC1.CC1(C(=O)O)COC(=O)OC1.[2H]CF. The molecule has 436 valence electrons. The highest BCUT2D eigenvalue weighted by atomic mass is 35.5. The van der Waals surface area contributed by atoms with Crippen molar-refractivity contribution in [3.05, 3.63) is 0 Å². The monoisotopic (exact) mass is 1120 g/mol. The maximum absolute atomic E-state index is 12.2. The van der Waals surface area contributed by atoms with Crippen LogP contribution >= 0.6 is 11.6 Å². The molecule has 31 heteroatoms. The van der Waals surface area contributed by atoms with Crippen LogP contribution in [0.4, 0.5) is 38.0 Å². The van der Waals surface area contributed by atoms with Crippen LogP contribution in [0.25, 0.3) is 0 Å². The highest BCUT2D eigenvalue weighted by molar-refractivity contribution is 6.64. The molecule has 3 aliphatic heterocycles. The van der Waals surface area contributed by atoms with Gasteiger partial charge in [-0.05, 0) is 115 Å². The first-order valence-corrected chi connectivity index (χ1v) is 22.9. The number of alkyl carbamates (subject to hydrolysis) is 4. The molecule has 0 spiro atoms. The number of nitrogens with zero attached hydrogens (tertiary/aromatic N) is 2. The Bertz CT molecular complexity index is 1950. The molecule has 3 fully saturated rings. The minimum Gasteiger partial charge on any atom is -0.481 e. The highest BCUT2D eigenvalue weighted by Crippen LogP contribution is 2.26. The van der Waals surface area contributed by atoms with Gasteiger partial charge in [0.25, 0.3) is 0 Å². The van der Waals surface area contributed by atoms with Gasteiger partial charge in [-0.15, -0.1) is 0 Å². The lowest BCUT2D eigenvalue weighted by Gasteiger charge is -2.29. The van der Waals surface area contributed by atoms with E-state index in [1.54, 1.807) is 90.0 Å². The van der Waals surface area contributed by atoms with Gasteiger partial charge in [0.2, 0.25) is 17.2 Å². The lowest BCUT2D eigenvalue weighted by Crippen LogP contribution is -2.47. The number of hydrogen-bond acceptors (Lipinski definition) is 24. The number of nitrogens with one attached hydrogen (secondary N) is 4. The van der Waals surface area contributed by atoms with Gasteiger partial charge < -0.3 is 62.3 Å². The van der Waals surface area contributed by atoms with Crippen molar-refractivity contribution < 1.29 is 116 Å². The van der Waals surface area contributed by atoms with E-state index in [0.717, 1.165) is 0 Å². The normalized spacial score (nSPS) is 16.0. The summed E-state index contributed by atoms with van der Waals surface area (Å²) in [5.41, 5.74) is -6.00. The van der Waals surface area contributed by atoms with E-state index < -0.39 is 106 Å². The summed E-state index contributed by atoms with van der Waals surface area (Å²) in [5.74, 6) is -2.05. The lowest BCUT2D eigenvalue weighted by molar-refractivity contribution is -0.165. The molecule has 29 nitrogen and oxygen atoms in total. The second-order valence-electron chi connectivity index (χ2n) is 20.6. The van der Waals surface area contributed by atoms with Crippen molar-refractivity contribution >= 4 is 83.5 Å². The number of rotatable bonds is 8. The Morgan fingerprint density at radius 2 is 0.829 bits per heavy atom. The summed E-state index contributed by atoms with van der Waals surface area (Å²) in [4.78, 5) is 120. The number of carbonyl (C=O) groups excluding carboxylic acids is 9. The van der Waals surface area contributed by atoms with Crippen molar-refractivity contribution in [2.75, 3.05) is 73.1 Å². The van der Waals surface area contributed by atoms with Crippen LogP contribution in [0.5, 0.6) is 0 Å².